The monoisotopic (exact) mass is 291 g/mol. The predicted octanol–water partition coefficient (Wildman–Crippen LogP) is 3.07. The predicted molar refractivity (Wildman–Crippen MR) is 81.3 cm³/mol. The molecule has 6 nitrogen and oxygen atoms in total. The highest BCUT2D eigenvalue weighted by molar-refractivity contribution is 5.94. The lowest BCUT2D eigenvalue weighted by Gasteiger charge is -2.28. The van der Waals surface area contributed by atoms with Crippen LogP contribution >= 0.6 is 0 Å². The van der Waals surface area contributed by atoms with E-state index in [1.165, 1.54) is 31.4 Å². The molecule has 0 bridgehead atoms. The van der Waals surface area contributed by atoms with Crippen molar-refractivity contribution in [2.75, 3.05) is 5.32 Å². The lowest BCUT2D eigenvalue weighted by Crippen LogP contribution is -2.28. The summed E-state index contributed by atoms with van der Waals surface area (Å²) in [6.07, 6.45) is 6.03. The van der Waals surface area contributed by atoms with Gasteiger partial charge in [0, 0.05) is 17.7 Å². The highest BCUT2D eigenvalue weighted by Crippen LogP contribution is 2.31. The number of benzene rings is 1. The number of primary amides is 1. The first kappa shape index (κ1) is 15.3. The summed E-state index contributed by atoms with van der Waals surface area (Å²) in [6.45, 7) is 2.06. The minimum absolute atomic E-state index is 0.103. The van der Waals surface area contributed by atoms with Crippen molar-refractivity contribution in [1.82, 2.24) is 0 Å². The Bertz CT molecular complexity index is 539. The summed E-state index contributed by atoms with van der Waals surface area (Å²) in [5.74, 6) is -0.126. The summed E-state index contributed by atoms with van der Waals surface area (Å²) >= 11 is 0. The van der Waals surface area contributed by atoms with Gasteiger partial charge in [0.05, 0.1) is 4.92 Å². The van der Waals surface area contributed by atoms with E-state index in [4.69, 9.17) is 5.73 Å². The van der Waals surface area contributed by atoms with Crippen LogP contribution in [0.25, 0.3) is 0 Å². The summed E-state index contributed by atoms with van der Waals surface area (Å²) in [5, 5.41) is 14.4. The van der Waals surface area contributed by atoms with Crippen LogP contribution in [0.2, 0.25) is 0 Å². The maximum absolute atomic E-state index is 11.2. The topological polar surface area (TPSA) is 98.3 Å². The molecule has 1 amide bonds. The standard InChI is InChI=1S/C15H21N3O3/c1-10(11-5-3-2-4-6-11)17-13-8-7-12(15(16)19)9-14(13)18(20)21/h7-11,17H,2-6H2,1H3,(H2,16,19). The lowest BCUT2D eigenvalue weighted by atomic mass is 9.84. The van der Waals surface area contributed by atoms with E-state index < -0.39 is 10.8 Å². The third-order valence-electron chi connectivity index (χ3n) is 4.22. The van der Waals surface area contributed by atoms with Gasteiger partial charge < -0.3 is 11.1 Å². The highest BCUT2D eigenvalue weighted by Gasteiger charge is 2.23. The Morgan fingerprint density at radius 3 is 2.62 bits per heavy atom. The maximum atomic E-state index is 11.2. The van der Waals surface area contributed by atoms with E-state index in [1.807, 2.05) is 0 Å². The fourth-order valence-electron chi connectivity index (χ4n) is 2.96. The third-order valence-corrected chi connectivity index (χ3v) is 4.22. The largest absolute Gasteiger partial charge is 0.377 e. The zero-order valence-corrected chi connectivity index (χ0v) is 12.2. The van der Waals surface area contributed by atoms with Gasteiger partial charge in [-0.2, -0.15) is 0 Å². The number of rotatable bonds is 5. The zero-order valence-electron chi connectivity index (χ0n) is 12.2. The Kier molecular flexibility index (Phi) is 4.77. The number of hydrogen-bond acceptors (Lipinski definition) is 4. The minimum atomic E-state index is -0.662. The third kappa shape index (κ3) is 3.71. The van der Waals surface area contributed by atoms with Crippen molar-refractivity contribution in [3.8, 4) is 0 Å². The Balaban J connectivity index is 2.18. The summed E-state index contributed by atoms with van der Waals surface area (Å²) in [6, 6.07) is 4.49. The second-order valence-electron chi connectivity index (χ2n) is 5.68. The van der Waals surface area contributed by atoms with Crippen LogP contribution in [-0.4, -0.2) is 16.9 Å². The molecule has 0 saturated heterocycles. The van der Waals surface area contributed by atoms with Gasteiger partial charge in [0.1, 0.15) is 5.69 Å². The molecule has 114 valence electrons. The van der Waals surface area contributed by atoms with E-state index in [0.29, 0.717) is 11.6 Å². The fourth-order valence-corrected chi connectivity index (χ4v) is 2.96. The molecule has 1 saturated carbocycles. The van der Waals surface area contributed by atoms with Gasteiger partial charge in [-0.15, -0.1) is 0 Å². The van der Waals surface area contributed by atoms with Crippen LogP contribution in [0.4, 0.5) is 11.4 Å². The van der Waals surface area contributed by atoms with Crippen LogP contribution in [0.3, 0.4) is 0 Å². The van der Waals surface area contributed by atoms with Gasteiger partial charge in [0.2, 0.25) is 5.91 Å². The summed E-state index contributed by atoms with van der Waals surface area (Å²) < 4.78 is 0. The molecule has 1 fully saturated rings. The van der Waals surface area contributed by atoms with Crippen molar-refractivity contribution in [2.24, 2.45) is 11.7 Å². The van der Waals surface area contributed by atoms with E-state index in [-0.39, 0.29) is 17.3 Å². The molecule has 6 heteroatoms. The number of anilines is 1. The number of nitrogens with zero attached hydrogens (tertiary/aromatic N) is 1. The number of nitrogens with one attached hydrogen (secondary N) is 1. The van der Waals surface area contributed by atoms with Crippen LogP contribution in [0.15, 0.2) is 18.2 Å². The van der Waals surface area contributed by atoms with Crippen molar-refractivity contribution in [1.29, 1.82) is 0 Å². The fraction of sp³-hybridized carbons (Fsp3) is 0.533. The molecule has 0 radical (unpaired) electrons. The van der Waals surface area contributed by atoms with Gasteiger partial charge in [-0.25, -0.2) is 0 Å². The molecule has 21 heavy (non-hydrogen) atoms. The average molecular weight is 291 g/mol. The molecule has 0 spiro atoms. The van der Waals surface area contributed by atoms with Crippen molar-refractivity contribution in [2.45, 2.75) is 45.1 Å². The zero-order chi connectivity index (χ0) is 15.4. The van der Waals surface area contributed by atoms with Crippen molar-refractivity contribution in [3.63, 3.8) is 0 Å². The number of carbonyl (C=O) groups excluding carboxylic acids is 1. The minimum Gasteiger partial charge on any atom is -0.377 e. The molecule has 2 rings (SSSR count). The van der Waals surface area contributed by atoms with E-state index in [9.17, 15) is 14.9 Å². The molecule has 1 aromatic rings. The van der Waals surface area contributed by atoms with Gasteiger partial charge in [-0.1, -0.05) is 19.3 Å². The number of nitro groups is 1. The smallest absolute Gasteiger partial charge is 0.293 e. The molecule has 0 heterocycles. The first-order valence-corrected chi connectivity index (χ1v) is 7.34. The average Bonchev–Trinajstić information content (AvgIpc) is 2.48. The summed E-state index contributed by atoms with van der Waals surface area (Å²) in [4.78, 5) is 21.8. The number of nitrogens with two attached hydrogens (primary N) is 1. The molecule has 1 unspecified atom stereocenters. The molecule has 1 aliphatic rings. The number of hydrogen-bond donors (Lipinski definition) is 2. The van der Waals surface area contributed by atoms with E-state index in [2.05, 4.69) is 12.2 Å². The molecular weight excluding hydrogens is 270 g/mol. The Morgan fingerprint density at radius 2 is 2.05 bits per heavy atom. The van der Waals surface area contributed by atoms with E-state index in [0.717, 1.165) is 12.8 Å². The molecule has 1 aliphatic carbocycles. The highest BCUT2D eigenvalue weighted by atomic mass is 16.6. The van der Waals surface area contributed by atoms with E-state index >= 15 is 0 Å². The van der Waals surface area contributed by atoms with Gasteiger partial charge in [-0.05, 0) is 37.8 Å². The number of amides is 1. The van der Waals surface area contributed by atoms with Crippen molar-refractivity contribution >= 4 is 17.3 Å². The van der Waals surface area contributed by atoms with Crippen molar-refractivity contribution < 1.29 is 9.72 Å². The first-order valence-electron chi connectivity index (χ1n) is 7.34. The second-order valence-corrected chi connectivity index (χ2v) is 5.68. The molecule has 1 atom stereocenters. The molecule has 3 N–H and O–H groups in total. The molecule has 0 aliphatic heterocycles. The molecule has 0 aromatic heterocycles. The first-order chi connectivity index (χ1) is 9.99. The van der Waals surface area contributed by atoms with Gasteiger partial charge in [0.15, 0.2) is 0 Å². The van der Waals surface area contributed by atoms with Crippen LogP contribution in [-0.2, 0) is 0 Å². The Hall–Kier alpha value is -2.11. The van der Waals surface area contributed by atoms with E-state index in [1.54, 1.807) is 6.07 Å². The number of carbonyl (C=O) groups is 1. The quantitative estimate of drug-likeness (QED) is 0.643. The summed E-state index contributed by atoms with van der Waals surface area (Å²) in [5.41, 5.74) is 5.66. The van der Waals surface area contributed by atoms with Gasteiger partial charge in [-0.3, -0.25) is 14.9 Å². The molecule has 1 aromatic carbocycles. The Morgan fingerprint density at radius 1 is 1.38 bits per heavy atom. The number of nitro benzene ring substituents is 1. The maximum Gasteiger partial charge on any atom is 0.293 e. The summed E-state index contributed by atoms with van der Waals surface area (Å²) in [7, 11) is 0. The van der Waals surface area contributed by atoms with Gasteiger partial charge >= 0.3 is 0 Å². The van der Waals surface area contributed by atoms with Crippen molar-refractivity contribution in [3.05, 3.63) is 33.9 Å². The van der Waals surface area contributed by atoms with Crippen LogP contribution in [0.1, 0.15) is 49.4 Å². The second kappa shape index (κ2) is 6.56. The SMILES string of the molecule is CC(Nc1ccc(C(N)=O)cc1[N+](=O)[O-])C1CCCCC1. The van der Waals surface area contributed by atoms with Crippen LogP contribution in [0, 0.1) is 16.0 Å². The van der Waals surface area contributed by atoms with Crippen LogP contribution < -0.4 is 11.1 Å². The van der Waals surface area contributed by atoms with Gasteiger partial charge in [0.25, 0.3) is 5.69 Å². The van der Waals surface area contributed by atoms with Crippen LogP contribution in [0.5, 0.6) is 0 Å². The normalized spacial score (nSPS) is 17.2. The molecular formula is C15H21N3O3. The lowest BCUT2D eigenvalue weighted by molar-refractivity contribution is -0.384. The Labute approximate surface area is 123 Å².